The number of methoxy groups -OCH3 is 1. The fraction of sp³-hybridized carbons (Fsp3) is 0.923. The van der Waals surface area contributed by atoms with Gasteiger partial charge in [0.05, 0.1) is 6.61 Å². The van der Waals surface area contributed by atoms with Gasteiger partial charge in [-0.1, -0.05) is 26.7 Å². The Morgan fingerprint density at radius 2 is 2.00 bits per heavy atom. The minimum absolute atomic E-state index is 0. The first kappa shape index (κ1) is 17.7. The molecule has 4 nitrogen and oxygen atoms in total. The van der Waals surface area contributed by atoms with Gasteiger partial charge < -0.3 is 15.8 Å². The Morgan fingerprint density at radius 3 is 2.56 bits per heavy atom. The molecule has 3 unspecified atom stereocenters. The fourth-order valence-electron chi connectivity index (χ4n) is 2.68. The number of nitrogens with one attached hydrogen (secondary N) is 1. The molecule has 1 rings (SSSR count). The van der Waals surface area contributed by atoms with Crippen LogP contribution in [-0.4, -0.2) is 31.7 Å². The number of nitrogens with two attached hydrogens (primary N) is 1. The van der Waals surface area contributed by atoms with Gasteiger partial charge in [-0.2, -0.15) is 0 Å². The summed E-state index contributed by atoms with van der Waals surface area (Å²) in [5.74, 6) is 1.12. The van der Waals surface area contributed by atoms with Crippen LogP contribution in [0.1, 0.15) is 39.5 Å². The first-order valence-electron chi connectivity index (χ1n) is 6.61. The third-order valence-corrected chi connectivity index (χ3v) is 3.69. The van der Waals surface area contributed by atoms with Crippen molar-refractivity contribution in [3.05, 3.63) is 0 Å². The Bertz CT molecular complexity index is 249. The van der Waals surface area contributed by atoms with E-state index in [0.717, 1.165) is 6.42 Å². The standard InChI is InChI=1S/C13H26N2O2.ClH/c1-9(2)10-6-4-5-7-12(10)15-13(16)11(14)8-17-3;/h9-12H,4-8,14H2,1-3H3,(H,15,16);1H. The molecule has 1 aliphatic carbocycles. The summed E-state index contributed by atoms with van der Waals surface area (Å²) >= 11 is 0. The summed E-state index contributed by atoms with van der Waals surface area (Å²) in [6, 6.07) is -0.256. The normalized spacial score (nSPS) is 25.4. The van der Waals surface area contributed by atoms with Crippen LogP contribution < -0.4 is 11.1 Å². The molecular formula is C13H27ClN2O2. The van der Waals surface area contributed by atoms with Gasteiger partial charge in [-0.15, -0.1) is 12.4 Å². The van der Waals surface area contributed by atoms with Crippen LogP contribution >= 0.6 is 12.4 Å². The van der Waals surface area contributed by atoms with Gasteiger partial charge in [-0.05, 0) is 24.7 Å². The maximum atomic E-state index is 11.9. The zero-order valence-corrected chi connectivity index (χ0v) is 12.5. The van der Waals surface area contributed by atoms with E-state index in [9.17, 15) is 4.79 Å². The van der Waals surface area contributed by atoms with Crippen molar-refractivity contribution in [3.63, 3.8) is 0 Å². The molecule has 0 aromatic heterocycles. The summed E-state index contributed by atoms with van der Waals surface area (Å²) in [5, 5.41) is 3.09. The molecule has 1 saturated carbocycles. The predicted octanol–water partition coefficient (Wildman–Crippen LogP) is 1.71. The van der Waals surface area contributed by atoms with Crippen molar-refractivity contribution in [1.29, 1.82) is 0 Å². The van der Waals surface area contributed by atoms with E-state index in [-0.39, 0.29) is 24.9 Å². The summed E-state index contributed by atoms with van der Waals surface area (Å²) in [5.41, 5.74) is 5.73. The molecule has 0 saturated heterocycles. The van der Waals surface area contributed by atoms with Gasteiger partial charge in [0.1, 0.15) is 6.04 Å². The molecule has 0 heterocycles. The highest BCUT2D eigenvalue weighted by molar-refractivity contribution is 5.85. The lowest BCUT2D eigenvalue weighted by molar-refractivity contribution is -0.124. The first-order chi connectivity index (χ1) is 8.06. The Balaban J connectivity index is 0.00000289. The maximum Gasteiger partial charge on any atom is 0.239 e. The molecule has 108 valence electrons. The Morgan fingerprint density at radius 1 is 1.39 bits per heavy atom. The highest BCUT2D eigenvalue weighted by Gasteiger charge is 2.29. The Labute approximate surface area is 116 Å². The number of hydrogen-bond donors (Lipinski definition) is 2. The molecule has 0 radical (unpaired) electrons. The van der Waals surface area contributed by atoms with Crippen molar-refractivity contribution in [1.82, 2.24) is 5.32 Å². The minimum Gasteiger partial charge on any atom is -0.383 e. The minimum atomic E-state index is -0.547. The van der Waals surface area contributed by atoms with Gasteiger partial charge >= 0.3 is 0 Å². The van der Waals surface area contributed by atoms with E-state index in [0.29, 0.717) is 17.9 Å². The zero-order valence-electron chi connectivity index (χ0n) is 11.6. The number of carbonyl (C=O) groups excluding carboxylic acids is 1. The van der Waals surface area contributed by atoms with Gasteiger partial charge in [0, 0.05) is 13.2 Å². The third-order valence-electron chi connectivity index (χ3n) is 3.69. The molecule has 1 fully saturated rings. The van der Waals surface area contributed by atoms with E-state index in [4.69, 9.17) is 10.5 Å². The Kier molecular flexibility index (Phi) is 8.57. The SMILES string of the molecule is COCC(N)C(=O)NC1CCCCC1C(C)C.Cl. The van der Waals surface area contributed by atoms with Crippen LogP contribution in [0.25, 0.3) is 0 Å². The summed E-state index contributed by atoms with van der Waals surface area (Å²) in [6.07, 6.45) is 4.77. The van der Waals surface area contributed by atoms with Crippen molar-refractivity contribution >= 4 is 18.3 Å². The van der Waals surface area contributed by atoms with Crippen LogP contribution in [-0.2, 0) is 9.53 Å². The quantitative estimate of drug-likeness (QED) is 0.805. The molecule has 0 bridgehead atoms. The van der Waals surface area contributed by atoms with Crippen LogP contribution in [0, 0.1) is 11.8 Å². The lowest BCUT2D eigenvalue weighted by Gasteiger charge is -2.35. The van der Waals surface area contributed by atoms with Crippen LogP contribution in [0.15, 0.2) is 0 Å². The molecule has 0 aliphatic heterocycles. The van der Waals surface area contributed by atoms with E-state index < -0.39 is 6.04 Å². The maximum absolute atomic E-state index is 11.9. The summed E-state index contributed by atoms with van der Waals surface area (Å²) < 4.78 is 4.90. The van der Waals surface area contributed by atoms with E-state index in [1.54, 1.807) is 7.11 Å². The van der Waals surface area contributed by atoms with Crippen molar-refractivity contribution in [2.24, 2.45) is 17.6 Å². The topological polar surface area (TPSA) is 64.3 Å². The third kappa shape index (κ3) is 5.12. The highest BCUT2D eigenvalue weighted by atomic mass is 35.5. The van der Waals surface area contributed by atoms with Gasteiger partial charge in [0.15, 0.2) is 0 Å². The van der Waals surface area contributed by atoms with Crippen LogP contribution in [0.4, 0.5) is 0 Å². The monoisotopic (exact) mass is 278 g/mol. The van der Waals surface area contributed by atoms with Crippen LogP contribution in [0.2, 0.25) is 0 Å². The van der Waals surface area contributed by atoms with Crippen LogP contribution in [0.5, 0.6) is 0 Å². The first-order valence-corrected chi connectivity index (χ1v) is 6.61. The average molecular weight is 279 g/mol. The smallest absolute Gasteiger partial charge is 0.239 e. The van der Waals surface area contributed by atoms with Crippen molar-refractivity contribution in [2.75, 3.05) is 13.7 Å². The molecule has 5 heteroatoms. The van der Waals surface area contributed by atoms with Gasteiger partial charge in [-0.3, -0.25) is 4.79 Å². The second kappa shape index (κ2) is 8.73. The number of hydrogen-bond acceptors (Lipinski definition) is 3. The molecule has 3 N–H and O–H groups in total. The summed E-state index contributed by atoms with van der Waals surface area (Å²) in [7, 11) is 1.56. The number of carbonyl (C=O) groups is 1. The van der Waals surface area contributed by atoms with E-state index in [1.807, 2.05) is 0 Å². The molecule has 1 aliphatic rings. The van der Waals surface area contributed by atoms with Gasteiger partial charge in [-0.25, -0.2) is 0 Å². The second-order valence-corrected chi connectivity index (χ2v) is 5.37. The average Bonchev–Trinajstić information content (AvgIpc) is 2.29. The molecule has 0 spiro atoms. The van der Waals surface area contributed by atoms with Crippen molar-refractivity contribution < 1.29 is 9.53 Å². The number of ether oxygens (including phenoxy) is 1. The van der Waals surface area contributed by atoms with Crippen molar-refractivity contribution in [3.8, 4) is 0 Å². The van der Waals surface area contributed by atoms with Crippen molar-refractivity contribution in [2.45, 2.75) is 51.6 Å². The fourth-order valence-corrected chi connectivity index (χ4v) is 2.68. The molecule has 0 aromatic rings. The van der Waals surface area contributed by atoms with E-state index >= 15 is 0 Å². The lowest BCUT2D eigenvalue weighted by atomic mass is 9.78. The highest BCUT2D eigenvalue weighted by Crippen LogP contribution is 2.30. The predicted molar refractivity (Wildman–Crippen MR) is 75.8 cm³/mol. The lowest BCUT2D eigenvalue weighted by Crippen LogP contribution is -2.51. The number of rotatable bonds is 5. The summed E-state index contributed by atoms with van der Waals surface area (Å²) in [4.78, 5) is 11.9. The molecule has 0 aromatic carbocycles. The molecular weight excluding hydrogens is 252 g/mol. The van der Waals surface area contributed by atoms with E-state index in [2.05, 4.69) is 19.2 Å². The van der Waals surface area contributed by atoms with E-state index in [1.165, 1.54) is 19.3 Å². The number of amides is 1. The van der Waals surface area contributed by atoms with Crippen LogP contribution in [0.3, 0.4) is 0 Å². The zero-order chi connectivity index (χ0) is 12.8. The molecule has 18 heavy (non-hydrogen) atoms. The molecule has 3 atom stereocenters. The van der Waals surface area contributed by atoms with Gasteiger partial charge in [0.2, 0.25) is 5.91 Å². The second-order valence-electron chi connectivity index (χ2n) is 5.37. The molecule has 1 amide bonds. The largest absolute Gasteiger partial charge is 0.383 e. The van der Waals surface area contributed by atoms with Gasteiger partial charge in [0.25, 0.3) is 0 Å². The number of halogens is 1. The Hall–Kier alpha value is -0.320. The summed E-state index contributed by atoms with van der Waals surface area (Å²) in [6.45, 7) is 4.74.